The summed E-state index contributed by atoms with van der Waals surface area (Å²) in [7, 11) is -1.33. The van der Waals surface area contributed by atoms with Crippen LogP contribution in [0.1, 0.15) is 26.2 Å². The van der Waals surface area contributed by atoms with E-state index in [1.165, 1.54) is 6.26 Å². The van der Waals surface area contributed by atoms with Gasteiger partial charge in [-0.25, -0.2) is 12.7 Å². The van der Waals surface area contributed by atoms with Gasteiger partial charge in [0, 0.05) is 39.8 Å². The van der Waals surface area contributed by atoms with E-state index in [0.717, 1.165) is 44.9 Å². The average molecular weight is 332 g/mol. The van der Waals surface area contributed by atoms with Gasteiger partial charge in [0.2, 0.25) is 10.0 Å². The highest BCUT2D eigenvalue weighted by atomic mass is 32.2. The zero-order valence-corrected chi connectivity index (χ0v) is 14.6. The molecular formula is C14H28N4O3S. The van der Waals surface area contributed by atoms with Crippen LogP contribution >= 0.6 is 0 Å². The molecule has 0 radical (unpaired) electrons. The Balaban J connectivity index is 1.73. The van der Waals surface area contributed by atoms with Crippen LogP contribution in [0.3, 0.4) is 0 Å². The summed E-state index contributed by atoms with van der Waals surface area (Å²) in [5.41, 5.74) is -0.113. The molecule has 128 valence electrons. The molecule has 2 unspecified atom stereocenters. The summed E-state index contributed by atoms with van der Waals surface area (Å²) < 4.78 is 30.3. The molecule has 7 nitrogen and oxygen atoms in total. The van der Waals surface area contributed by atoms with Crippen LogP contribution < -0.4 is 10.6 Å². The number of hydrogen-bond donors (Lipinski definition) is 2. The first-order valence-electron chi connectivity index (χ1n) is 7.86. The number of guanidine groups is 1. The van der Waals surface area contributed by atoms with Gasteiger partial charge in [-0.15, -0.1) is 0 Å². The van der Waals surface area contributed by atoms with Crippen LogP contribution in [0.4, 0.5) is 0 Å². The van der Waals surface area contributed by atoms with Crippen molar-refractivity contribution in [2.75, 3.05) is 46.1 Å². The second-order valence-corrected chi connectivity index (χ2v) is 8.47. The fourth-order valence-corrected chi connectivity index (χ4v) is 3.89. The van der Waals surface area contributed by atoms with E-state index in [0.29, 0.717) is 19.0 Å². The number of nitrogens with one attached hydrogen (secondary N) is 2. The molecule has 0 bridgehead atoms. The summed E-state index contributed by atoms with van der Waals surface area (Å²) in [4.78, 5) is 4.22. The Morgan fingerprint density at radius 1 is 1.45 bits per heavy atom. The standard InChI is InChI=1S/C14H28N4O3S/c1-14(6-4-8-21-14)11-17-13(15-2)16-9-12-5-7-18(10-12)22(3,19)20/h12H,4-11H2,1-3H3,(H2,15,16,17). The Morgan fingerprint density at radius 3 is 2.77 bits per heavy atom. The average Bonchev–Trinajstić information content (AvgIpc) is 3.08. The highest BCUT2D eigenvalue weighted by molar-refractivity contribution is 7.88. The van der Waals surface area contributed by atoms with Crippen molar-refractivity contribution in [2.45, 2.75) is 31.8 Å². The minimum absolute atomic E-state index is 0.113. The number of sulfonamides is 1. The lowest BCUT2D eigenvalue weighted by atomic mass is 10.0. The van der Waals surface area contributed by atoms with E-state index in [2.05, 4.69) is 22.5 Å². The first-order chi connectivity index (χ1) is 10.3. The molecule has 2 fully saturated rings. The van der Waals surface area contributed by atoms with Crippen LogP contribution in [0.25, 0.3) is 0 Å². The predicted molar refractivity (Wildman–Crippen MR) is 87.5 cm³/mol. The van der Waals surface area contributed by atoms with Gasteiger partial charge in [-0.05, 0) is 32.1 Å². The summed E-state index contributed by atoms with van der Waals surface area (Å²) >= 11 is 0. The van der Waals surface area contributed by atoms with Crippen LogP contribution in [-0.2, 0) is 14.8 Å². The minimum Gasteiger partial charge on any atom is -0.373 e. The smallest absolute Gasteiger partial charge is 0.211 e. The van der Waals surface area contributed by atoms with Gasteiger partial charge < -0.3 is 15.4 Å². The molecule has 8 heteroatoms. The molecule has 0 aromatic rings. The third-order valence-electron chi connectivity index (χ3n) is 4.43. The van der Waals surface area contributed by atoms with Crippen LogP contribution in [0.2, 0.25) is 0 Å². The maximum Gasteiger partial charge on any atom is 0.211 e. The fraction of sp³-hybridized carbons (Fsp3) is 0.929. The highest BCUT2D eigenvalue weighted by Gasteiger charge is 2.30. The normalized spacial score (nSPS) is 30.7. The molecule has 2 rings (SSSR count). The Morgan fingerprint density at radius 2 is 2.23 bits per heavy atom. The fourth-order valence-electron chi connectivity index (χ4n) is 2.97. The van der Waals surface area contributed by atoms with E-state index in [1.807, 2.05) is 0 Å². The number of hydrogen-bond acceptors (Lipinski definition) is 4. The molecular weight excluding hydrogens is 304 g/mol. The molecule has 2 aliphatic rings. The molecule has 2 heterocycles. The van der Waals surface area contributed by atoms with Gasteiger partial charge in [-0.2, -0.15) is 0 Å². The van der Waals surface area contributed by atoms with Gasteiger partial charge in [0.1, 0.15) is 0 Å². The molecule has 2 N–H and O–H groups in total. The van der Waals surface area contributed by atoms with Crippen molar-refractivity contribution in [3.63, 3.8) is 0 Å². The summed E-state index contributed by atoms with van der Waals surface area (Å²) in [5, 5.41) is 6.59. The van der Waals surface area contributed by atoms with Crippen molar-refractivity contribution >= 4 is 16.0 Å². The molecule has 2 saturated heterocycles. The highest BCUT2D eigenvalue weighted by Crippen LogP contribution is 2.23. The lowest BCUT2D eigenvalue weighted by Crippen LogP contribution is -2.46. The van der Waals surface area contributed by atoms with Gasteiger partial charge >= 0.3 is 0 Å². The van der Waals surface area contributed by atoms with Crippen molar-refractivity contribution in [2.24, 2.45) is 10.9 Å². The Bertz CT molecular complexity index is 500. The van der Waals surface area contributed by atoms with Crippen LogP contribution in [0.5, 0.6) is 0 Å². The van der Waals surface area contributed by atoms with Crippen molar-refractivity contribution < 1.29 is 13.2 Å². The van der Waals surface area contributed by atoms with Crippen LogP contribution in [0.15, 0.2) is 4.99 Å². The van der Waals surface area contributed by atoms with Gasteiger partial charge in [-0.3, -0.25) is 4.99 Å². The number of ether oxygens (including phenoxy) is 1. The van der Waals surface area contributed by atoms with Crippen molar-refractivity contribution in [3.05, 3.63) is 0 Å². The lowest BCUT2D eigenvalue weighted by Gasteiger charge is -2.25. The van der Waals surface area contributed by atoms with Crippen molar-refractivity contribution in [1.82, 2.24) is 14.9 Å². The van der Waals surface area contributed by atoms with Crippen LogP contribution in [0, 0.1) is 5.92 Å². The summed E-state index contributed by atoms with van der Waals surface area (Å²) in [6.45, 7) is 5.59. The topological polar surface area (TPSA) is 83.0 Å². The van der Waals surface area contributed by atoms with Gasteiger partial charge in [0.05, 0.1) is 11.9 Å². The van der Waals surface area contributed by atoms with E-state index in [1.54, 1.807) is 11.4 Å². The van der Waals surface area contributed by atoms with Gasteiger partial charge in [0.15, 0.2) is 5.96 Å². The molecule has 0 aliphatic carbocycles. The predicted octanol–water partition coefficient (Wildman–Crippen LogP) is 0.00200. The Kier molecular flexibility index (Phi) is 5.68. The van der Waals surface area contributed by atoms with Crippen molar-refractivity contribution in [1.29, 1.82) is 0 Å². The van der Waals surface area contributed by atoms with Crippen molar-refractivity contribution in [3.8, 4) is 0 Å². The molecule has 0 aromatic heterocycles. The van der Waals surface area contributed by atoms with E-state index < -0.39 is 10.0 Å². The molecule has 0 saturated carbocycles. The maximum atomic E-state index is 11.5. The van der Waals surface area contributed by atoms with Gasteiger partial charge in [0.25, 0.3) is 0 Å². The monoisotopic (exact) mass is 332 g/mol. The van der Waals surface area contributed by atoms with E-state index >= 15 is 0 Å². The third kappa shape index (κ3) is 4.82. The lowest BCUT2D eigenvalue weighted by molar-refractivity contribution is 0.0242. The SMILES string of the molecule is CN=C(NCC1CCN(S(C)(=O)=O)C1)NCC1(C)CCCO1. The van der Waals surface area contributed by atoms with Crippen LogP contribution in [-0.4, -0.2) is 70.4 Å². The maximum absolute atomic E-state index is 11.5. The number of nitrogens with zero attached hydrogens (tertiary/aromatic N) is 2. The number of rotatable bonds is 5. The molecule has 22 heavy (non-hydrogen) atoms. The zero-order valence-electron chi connectivity index (χ0n) is 13.8. The summed E-state index contributed by atoms with van der Waals surface area (Å²) in [6.07, 6.45) is 4.32. The Labute approximate surface area is 133 Å². The molecule has 2 atom stereocenters. The van der Waals surface area contributed by atoms with Gasteiger partial charge in [-0.1, -0.05) is 0 Å². The van der Waals surface area contributed by atoms with E-state index in [-0.39, 0.29) is 5.60 Å². The first kappa shape index (κ1) is 17.5. The molecule has 0 amide bonds. The summed E-state index contributed by atoms with van der Waals surface area (Å²) in [5.74, 6) is 1.07. The quantitative estimate of drug-likeness (QED) is 0.547. The molecule has 0 spiro atoms. The first-order valence-corrected chi connectivity index (χ1v) is 9.71. The second-order valence-electron chi connectivity index (χ2n) is 6.48. The summed E-state index contributed by atoms with van der Waals surface area (Å²) in [6, 6.07) is 0. The van der Waals surface area contributed by atoms with E-state index in [9.17, 15) is 8.42 Å². The second kappa shape index (κ2) is 7.14. The third-order valence-corrected chi connectivity index (χ3v) is 5.70. The largest absolute Gasteiger partial charge is 0.373 e. The molecule has 0 aromatic carbocycles. The van der Waals surface area contributed by atoms with E-state index in [4.69, 9.17) is 4.74 Å². The number of aliphatic imine (C=N–C) groups is 1. The Hall–Kier alpha value is -0.860. The minimum atomic E-state index is -3.07. The zero-order chi connectivity index (χ0) is 16.2. The molecule has 2 aliphatic heterocycles.